The first-order valence-corrected chi connectivity index (χ1v) is 15.5. The Morgan fingerprint density at radius 2 is 1.19 bits per heavy atom. The Labute approximate surface area is 258 Å². The van der Waals surface area contributed by atoms with Crippen molar-refractivity contribution in [1.29, 1.82) is 0 Å². The zero-order valence-electron chi connectivity index (χ0n) is 24.0. The number of halogens is 1. The molecule has 6 heterocycles. The van der Waals surface area contributed by atoms with Crippen LogP contribution in [-0.2, 0) is 28.5 Å². The topological polar surface area (TPSA) is 129 Å². The van der Waals surface area contributed by atoms with Crippen molar-refractivity contribution in [2.24, 2.45) is 0 Å². The average Bonchev–Trinajstić information content (AvgIpc) is 3.68. The van der Waals surface area contributed by atoms with E-state index in [9.17, 15) is 9.59 Å². The highest BCUT2D eigenvalue weighted by Gasteiger charge is 2.40. The van der Waals surface area contributed by atoms with Crippen molar-refractivity contribution in [2.75, 3.05) is 81.4 Å². The molecule has 0 bridgehead atoms. The Bertz CT molecular complexity index is 1300. The van der Waals surface area contributed by atoms with Gasteiger partial charge in [0.1, 0.15) is 11.5 Å². The molecule has 4 saturated heterocycles. The van der Waals surface area contributed by atoms with Gasteiger partial charge in [-0.15, -0.1) is 0 Å². The lowest BCUT2D eigenvalue weighted by molar-refractivity contribution is -0.172. The summed E-state index contributed by atoms with van der Waals surface area (Å²) in [5.41, 5.74) is 2.56. The molecular formula is C30H37BrN4O8. The number of nitrogens with one attached hydrogen (secondary N) is 3. The number of fused-ring (bicyclic) bond motifs is 2. The largest absolute Gasteiger partial charge is 0.482 e. The third-order valence-electron chi connectivity index (χ3n) is 8.05. The van der Waals surface area contributed by atoms with Gasteiger partial charge in [0.15, 0.2) is 24.8 Å². The highest BCUT2D eigenvalue weighted by atomic mass is 79.9. The van der Waals surface area contributed by atoms with E-state index in [2.05, 4.69) is 36.8 Å². The molecule has 6 aliphatic heterocycles. The molecule has 4 fully saturated rings. The van der Waals surface area contributed by atoms with E-state index in [1.54, 1.807) is 0 Å². The number of anilines is 3. The molecule has 2 spiro atoms. The molecule has 0 saturated carbocycles. The standard InChI is InChI=1S/C15H18N2O4.C8H6BrNO2.C7H13NO2/c18-14-10-19-13-2-1-11(9-12(13)16-14)17-5-3-15(4-6-17)20-7-8-21-15;9-5-1-2-7-6(3-5)10-8(11)4-12-7;1-3-8-4-2-7(1)9-5-6-10-7/h1-2,9H,3-8,10H2,(H,16,18);1-3H,4H2,(H,10,11);8H,1-6H2. The molecule has 0 aliphatic carbocycles. The molecule has 232 valence electrons. The second kappa shape index (κ2) is 13.4. The minimum Gasteiger partial charge on any atom is -0.482 e. The normalized spacial score (nSPS) is 22.9. The maximum Gasteiger partial charge on any atom is 0.262 e. The van der Waals surface area contributed by atoms with Crippen LogP contribution in [0, 0.1) is 0 Å². The number of benzene rings is 2. The molecule has 13 heteroatoms. The maximum absolute atomic E-state index is 11.4. The van der Waals surface area contributed by atoms with Crippen LogP contribution in [0.15, 0.2) is 40.9 Å². The maximum atomic E-state index is 11.4. The van der Waals surface area contributed by atoms with Crippen molar-refractivity contribution in [3.05, 3.63) is 40.9 Å². The van der Waals surface area contributed by atoms with E-state index in [0.717, 1.165) is 98.1 Å². The van der Waals surface area contributed by atoms with Crippen molar-refractivity contribution in [3.8, 4) is 11.5 Å². The SMILES string of the molecule is C1CC2(CCN1)OCCO2.O=C1COc2ccc(Br)cc2N1.O=C1COc2ccc(N3CCC4(CC3)OCCO4)cc2N1. The zero-order valence-corrected chi connectivity index (χ0v) is 25.5. The average molecular weight is 662 g/mol. The number of ether oxygens (including phenoxy) is 6. The molecule has 43 heavy (non-hydrogen) atoms. The van der Waals surface area contributed by atoms with Crippen LogP contribution in [0.4, 0.5) is 17.1 Å². The number of nitrogens with zero attached hydrogens (tertiary/aromatic N) is 1. The van der Waals surface area contributed by atoms with Gasteiger partial charge in [-0.1, -0.05) is 15.9 Å². The van der Waals surface area contributed by atoms with Gasteiger partial charge in [-0.25, -0.2) is 0 Å². The lowest BCUT2D eigenvalue weighted by Gasteiger charge is -2.39. The van der Waals surface area contributed by atoms with Crippen LogP contribution in [0.3, 0.4) is 0 Å². The van der Waals surface area contributed by atoms with Crippen LogP contribution in [0.2, 0.25) is 0 Å². The molecule has 2 amide bonds. The first-order valence-electron chi connectivity index (χ1n) is 14.7. The molecule has 0 atom stereocenters. The number of carbonyl (C=O) groups excluding carboxylic acids is 2. The van der Waals surface area contributed by atoms with Gasteiger partial charge in [0.2, 0.25) is 0 Å². The van der Waals surface area contributed by atoms with Crippen LogP contribution in [0.25, 0.3) is 0 Å². The summed E-state index contributed by atoms with van der Waals surface area (Å²) in [5.74, 6) is 0.686. The molecule has 12 nitrogen and oxygen atoms in total. The predicted octanol–water partition coefficient (Wildman–Crippen LogP) is 3.25. The highest BCUT2D eigenvalue weighted by Crippen LogP contribution is 2.37. The van der Waals surface area contributed by atoms with E-state index in [1.165, 1.54) is 0 Å². The lowest BCUT2D eigenvalue weighted by Crippen LogP contribution is -2.45. The van der Waals surface area contributed by atoms with Gasteiger partial charge in [-0.2, -0.15) is 0 Å². The van der Waals surface area contributed by atoms with Crippen LogP contribution in [0.1, 0.15) is 25.7 Å². The molecule has 0 radical (unpaired) electrons. The van der Waals surface area contributed by atoms with Gasteiger partial charge in [0.25, 0.3) is 11.8 Å². The Morgan fingerprint density at radius 3 is 1.77 bits per heavy atom. The van der Waals surface area contributed by atoms with Gasteiger partial charge < -0.3 is 49.3 Å². The predicted molar refractivity (Wildman–Crippen MR) is 162 cm³/mol. The fourth-order valence-corrected chi connectivity index (χ4v) is 6.17. The second-order valence-corrected chi connectivity index (χ2v) is 11.9. The van der Waals surface area contributed by atoms with E-state index >= 15 is 0 Å². The molecule has 3 N–H and O–H groups in total. The monoisotopic (exact) mass is 660 g/mol. The minimum absolute atomic E-state index is 0.0905. The fraction of sp³-hybridized carbons (Fsp3) is 0.533. The molecule has 8 rings (SSSR count). The van der Waals surface area contributed by atoms with E-state index in [1.807, 2.05) is 36.4 Å². The van der Waals surface area contributed by atoms with Crippen LogP contribution >= 0.6 is 15.9 Å². The van der Waals surface area contributed by atoms with Crippen molar-refractivity contribution in [2.45, 2.75) is 37.3 Å². The molecule has 0 unspecified atom stereocenters. The van der Waals surface area contributed by atoms with Crippen LogP contribution in [-0.4, -0.2) is 89.2 Å². The Kier molecular flexibility index (Phi) is 9.36. The molecule has 6 aliphatic rings. The van der Waals surface area contributed by atoms with Gasteiger partial charge in [0, 0.05) is 62.0 Å². The van der Waals surface area contributed by atoms with E-state index in [-0.39, 0.29) is 36.6 Å². The summed E-state index contributed by atoms with van der Waals surface area (Å²) >= 11 is 3.30. The van der Waals surface area contributed by atoms with Gasteiger partial charge in [-0.05, 0) is 36.4 Å². The van der Waals surface area contributed by atoms with Crippen molar-refractivity contribution >= 4 is 44.8 Å². The van der Waals surface area contributed by atoms with Gasteiger partial charge in [0.05, 0.1) is 37.8 Å². The number of carbonyl (C=O) groups is 2. The van der Waals surface area contributed by atoms with Crippen molar-refractivity contribution < 1.29 is 38.0 Å². The molecule has 2 aromatic carbocycles. The Morgan fingerprint density at radius 1 is 0.674 bits per heavy atom. The number of amides is 2. The van der Waals surface area contributed by atoms with Crippen molar-refractivity contribution in [1.82, 2.24) is 5.32 Å². The number of rotatable bonds is 1. The Hall–Kier alpha value is -2.94. The quantitative estimate of drug-likeness (QED) is 0.419. The van der Waals surface area contributed by atoms with E-state index < -0.39 is 0 Å². The number of piperidine rings is 2. The highest BCUT2D eigenvalue weighted by molar-refractivity contribution is 9.10. The lowest BCUT2D eigenvalue weighted by atomic mass is 10.0. The number of hydrogen-bond acceptors (Lipinski definition) is 10. The summed E-state index contributed by atoms with van der Waals surface area (Å²) < 4.78 is 34.0. The second-order valence-electron chi connectivity index (χ2n) is 10.9. The first-order chi connectivity index (χ1) is 20.9. The molecular weight excluding hydrogens is 624 g/mol. The summed E-state index contributed by atoms with van der Waals surface area (Å²) in [4.78, 5) is 24.6. The van der Waals surface area contributed by atoms with E-state index in [4.69, 9.17) is 28.4 Å². The summed E-state index contributed by atoms with van der Waals surface area (Å²) in [6.07, 6.45) is 3.75. The zero-order chi connectivity index (χ0) is 29.7. The first kappa shape index (κ1) is 30.1. The minimum atomic E-state index is -0.359. The summed E-state index contributed by atoms with van der Waals surface area (Å²) in [6, 6.07) is 11.4. The van der Waals surface area contributed by atoms with Crippen LogP contribution in [0.5, 0.6) is 11.5 Å². The van der Waals surface area contributed by atoms with E-state index in [0.29, 0.717) is 13.2 Å². The smallest absolute Gasteiger partial charge is 0.262 e. The van der Waals surface area contributed by atoms with Crippen molar-refractivity contribution in [3.63, 3.8) is 0 Å². The Balaban J connectivity index is 0.000000126. The molecule has 2 aromatic rings. The summed E-state index contributed by atoms with van der Waals surface area (Å²) in [5, 5.41) is 8.83. The fourth-order valence-electron chi connectivity index (χ4n) is 5.81. The molecule has 0 aromatic heterocycles. The van der Waals surface area contributed by atoms with Gasteiger partial charge >= 0.3 is 0 Å². The third kappa shape index (κ3) is 7.41. The van der Waals surface area contributed by atoms with Gasteiger partial charge in [-0.3, -0.25) is 9.59 Å². The third-order valence-corrected chi connectivity index (χ3v) is 8.55. The number of hydrogen-bond donors (Lipinski definition) is 3. The summed E-state index contributed by atoms with van der Waals surface area (Å²) in [6.45, 7) is 6.97. The summed E-state index contributed by atoms with van der Waals surface area (Å²) in [7, 11) is 0. The van der Waals surface area contributed by atoms with Crippen LogP contribution < -0.4 is 30.3 Å².